The molecule has 4 aromatic rings. The number of aryl methyl sites for hydroxylation is 1. The molecule has 2 aliphatic heterocycles. The molecule has 2 aromatic carbocycles. The Hall–Kier alpha value is -3.56. The van der Waals surface area contributed by atoms with Gasteiger partial charge in [0.15, 0.2) is 0 Å². The van der Waals surface area contributed by atoms with Crippen LogP contribution in [0.2, 0.25) is 0 Å². The van der Waals surface area contributed by atoms with Gasteiger partial charge in [0.1, 0.15) is 12.2 Å². The Balaban J connectivity index is 1.47. The third-order valence-electron chi connectivity index (χ3n) is 7.27. The average Bonchev–Trinajstić information content (AvgIpc) is 3.25. The van der Waals surface area contributed by atoms with E-state index in [2.05, 4.69) is 54.8 Å². The first-order valence-corrected chi connectivity index (χ1v) is 12.3. The molecular weight excluding hydrogens is 442 g/mol. The summed E-state index contributed by atoms with van der Waals surface area (Å²) in [6.45, 7) is 4.63. The van der Waals surface area contributed by atoms with Gasteiger partial charge in [0, 0.05) is 43.2 Å². The molecule has 0 saturated carbocycles. The molecule has 2 atom stereocenters. The van der Waals surface area contributed by atoms with Crippen molar-refractivity contribution < 1.29 is 5.11 Å². The van der Waals surface area contributed by atoms with E-state index in [1.807, 2.05) is 22.9 Å². The van der Waals surface area contributed by atoms with Crippen LogP contribution in [0.1, 0.15) is 47.3 Å². The molecule has 3 N–H and O–H groups in total. The van der Waals surface area contributed by atoms with Crippen molar-refractivity contribution in [2.45, 2.75) is 37.8 Å². The van der Waals surface area contributed by atoms with Crippen LogP contribution in [-0.2, 0) is 13.1 Å². The van der Waals surface area contributed by atoms with Crippen LogP contribution in [0.5, 0.6) is 0 Å². The van der Waals surface area contributed by atoms with Gasteiger partial charge in [0.05, 0.1) is 17.0 Å². The maximum atomic E-state index is 12.6. The number of H-pyrrole nitrogens is 1. The van der Waals surface area contributed by atoms with Crippen molar-refractivity contribution in [1.82, 2.24) is 29.9 Å². The second-order valence-electron chi connectivity index (χ2n) is 9.42. The van der Waals surface area contributed by atoms with Crippen LogP contribution < -0.4 is 10.9 Å². The van der Waals surface area contributed by atoms with Gasteiger partial charge in [-0.2, -0.15) is 10.2 Å². The molecule has 1 fully saturated rings. The van der Waals surface area contributed by atoms with E-state index in [1.165, 1.54) is 30.6 Å². The van der Waals surface area contributed by atoms with Crippen molar-refractivity contribution in [3.8, 4) is 0 Å². The highest BCUT2D eigenvalue weighted by molar-refractivity contribution is 5.96. The fourth-order valence-electron chi connectivity index (χ4n) is 5.33. The van der Waals surface area contributed by atoms with Gasteiger partial charge in [-0.3, -0.25) is 9.69 Å². The van der Waals surface area contributed by atoms with Crippen molar-refractivity contribution in [3.05, 3.63) is 81.8 Å². The van der Waals surface area contributed by atoms with Crippen molar-refractivity contribution >= 4 is 16.5 Å². The number of aromatic amines is 1. The van der Waals surface area contributed by atoms with Gasteiger partial charge in [0.25, 0.3) is 5.56 Å². The van der Waals surface area contributed by atoms with Gasteiger partial charge in [-0.05, 0) is 49.2 Å². The third-order valence-corrected chi connectivity index (χ3v) is 7.27. The molecule has 0 spiro atoms. The quantitative estimate of drug-likeness (QED) is 0.380. The zero-order chi connectivity index (χ0) is 23.8. The van der Waals surface area contributed by atoms with Gasteiger partial charge in [-0.15, -0.1) is 0 Å². The summed E-state index contributed by atoms with van der Waals surface area (Å²) >= 11 is 0. The highest BCUT2D eigenvalue weighted by Crippen LogP contribution is 2.43. The van der Waals surface area contributed by atoms with Gasteiger partial charge in [-0.1, -0.05) is 30.3 Å². The number of likely N-dealkylation sites (tertiary alicyclic amines) is 1. The Labute approximate surface area is 202 Å². The van der Waals surface area contributed by atoms with E-state index < -0.39 is 0 Å². The fraction of sp³-hybridized carbons (Fsp3) is 0.385. The number of nitrogens with zero attached hydrogens (tertiary/aromatic N) is 5. The van der Waals surface area contributed by atoms with Crippen molar-refractivity contribution in [2.24, 2.45) is 0 Å². The number of nitrogens with one attached hydrogen (secondary N) is 2. The first-order chi connectivity index (χ1) is 17.2. The molecule has 0 amide bonds. The minimum atomic E-state index is -0.229. The number of rotatable bonds is 7. The molecule has 0 aliphatic carbocycles. The molecule has 1 saturated heterocycles. The van der Waals surface area contributed by atoms with Crippen LogP contribution in [0.25, 0.3) is 10.8 Å². The number of hydrogen-bond donors (Lipinski definition) is 3. The Kier molecular flexibility index (Phi) is 5.79. The summed E-state index contributed by atoms with van der Waals surface area (Å²) in [5.74, 6) is 0.569. The minimum absolute atomic E-state index is 0.0131. The van der Waals surface area contributed by atoms with Crippen molar-refractivity contribution in [3.63, 3.8) is 0 Å². The number of aromatic nitrogens is 5. The highest BCUT2D eigenvalue weighted by Gasteiger charge is 2.36. The Morgan fingerprint density at radius 3 is 2.74 bits per heavy atom. The van der Waals surface area contributed by atoms with E-state index in [9.17, 15) is 9.90 Å². The van der Waals surface area contributed by atoms with E-state index in [0.29, 0.717) is 24.9 Å². The molecule has 35 heavy (non-hydrogen) atoms. The van der Waals surface area contributed by atoms with Crippen LogP contribution in [0, 0.1) is 0 Å². The van der Waals surface area contributed by atoms with E-state index in [0.717, 1.165) is 29.1 Å². The van der Waals surface area contributed by atoms with Gasteiger partial charge >= 0.3 is 0 Å². The molecule has 2 aromatic heterocycles. The average molecular weight is 472 g/mol. The minimum Gasteiger partial charge on any atom is -0.396 e. The van der Waals surface area contributed by atoms with Crippen molar-refractivity contribution in [2.75, 3.05) is 31.6 Å². The van der Waals surface area contributed by atoms with Crippen LogP contribution in [-0.4, -0.2) is 61.2 Å². The summed E-state index contributed by atoms with van der Waals surface area (Å²) in [5.41, 5.74) is 3.97. The zero-order valence-electron chi connectivity index (χ0n) is 19.5. The first kappa shape index (κ1) is 21.9. The summed E-state index contributed by atoms with van der Waals surface area (Å²) < 4.78 is 1.86. The summed E-state index contributed by atoms with van der Waals surface area (Å²) in [7, 11) is 0. The highest BCUT2D eigenvalue weighted by atomic mass is 16.3. The molecule has 6 rings (SSSR count). The lowest BCUT2D eigenvalue weighted by Gasteiger charge is -2.31. The van der Waals surface area contributed by atoms with Crippen LogP contribution >= 0.6 is 0 Å². The predicted octanol–water partition coefficient (Wildman–Crippen LogP) is 2.44. The lowest BCUT2D eigenvalue weighted by Crippen LogP contribution is -2.36. The standard InChI is InChI=1S/C26H29N7O2/c34-13-3-12-33-25(28-16-29-33)23-20(18-8-6-17(7-9-18)15-32-10-2-11-32)14-27-21-5-1-4-19-22(21)24(23)30-31-26(19)35/h1,4-9,16,20,23,27,34H,2-3,10-15H2,(H,31,35). The predicted molar refractivity (Wildman–Crippen MR) is 133 cm³/mol. The van der Waals surface area contributed by atoms with Crippen LogP contribution in [0.3, 0.4) is 0 Å². The molecule has 180 valence electrons. The first-order valence-electron chi connectivity index (χ1n) is 12.3. The largest absolute Gasteiger partial charge is 0.396 e. The van der Waals surface area contributed by atoms with E-state index in [4.69, 9.17) is 0 Å². The number of aliphatic hydroxyl groups excluding tert-OH is 1. The zero-order valence-corrected chi connectivity index (χ0v) is 19.5. The number of anilines is 1. The van der Waals surface area contributed by atoms with E-state index in [-0.39, 0.29) is 24.0 Å². The molecule has 2 unspecified atom stereocenters. The molecule has 0 bridgehead atoms. The number of benzene rings is 2. The Morgan fingerprint density at radius 2 is 1.97 bits per heavy atom. The van der Waals surface area contributed by atoms with Crippen LogP contribution in [0.15, 0.2) is 53.6 Å². The normalized spacial score (nSPS) is 19.8. The fourth-order valence-corrected chi connectivity index (χ4v) is 5.33. The van der Waals surface area contributed by atoms with Gasteiger partial charge < -0.3 is 10.4 Å². The molecule has 4 heterocycles. The summed E-state index contributed by atoms with van der Waals surface area (Å²) in [6, 6.07) is 14.6. The number of aliphatic hydroxyl groups is 1. The third kappa shape index (κ3) is 4.00. The number of hydrogen-bond acceptors (Lipinski definition) is 7. The Morgan fingerprint density at radius 1 is 1.11 bits per heavy atom. The molecule has 9 heteroatoms. The second-order valence-corrected chi connectivity index (χ2v) is 9.42. The Bertz CT molecular complexity index is 1390. The van der Waals surface area contributed by atoms with E-state index >= 15 is 0 Å². The second kappa shape index (κ2) is 9.24. The lowest BCUT2D eigenvalue weighted by molar-refractivity contribution is 0.172. The van der Waals surface area contributed by atoms with Crippen molar-refractivity contribution in [1.29, 1.82) is 0 Å². The van der Waals surface area contributed by atoms with Gasteiger partial charge in [0.2, 0.25) is 0 Å². The van der Waals surface area contributed by atoms with Gasteiger partial charge in [-0.25, -0.2) is 14.8 Å². The summed E-state index contributed by atoms with van der Waals surface area (Å²) in [4.78, 5) is 19.8. The summed E-state index contributed by atoms with van der Waals surface area (Å²) in [5, 5.41) is 26.2. The maximum absolute atomic E-state index is 12.6. The molecule has 9 nitrogen and oxygen atoms in total. The monoisotopic (exact) mass is 471 g/mol. The molecular formula is C26H29N7O2. The molecule has 2 aliphatic rings. The summed E-state index contributed by atoms with van der Waals surface area (Å²) in [6.07, 6.45) is 3.43. The van der Waals surface area contributed by atoms with E-state index in [1.54, 1.807) is 6.33 Å². The molecule has 0 radical (unpaired) electrons. The topological polar surface area (TPSA) is 112 Å². The SMILES string of the molecule is O=c1[nH]nc2c3c(cccc13)NCC(c1ccc(CN3CCC3)cc1)C2c1ncnn1CCCO. The maximum Gasteiger partial charge on any atom is 0.272 e. The van der Waals surface area contributed by atoms with Crippen LogP contribution in [0.4, 0.5) is 5.69 Å². The smallest absolute Gasteiger partial charge is 0.272 e. The lowest BCUT2D eigenvalue weighted by atomic mass is 9.82.